The Kier molecular flexibility index (Phi) is 6.55. The number of amides is 1. The van der Waals surface area contributed by atoms with Gasteiger partial charge in [0.25, 0.3) is 0 Å². The van der Waals surface area contributed by atoms with Crippen LogP contribution in [0.2, 0.25) is 0 Å². The predicted octanol–water partition coefficient (Wildman–Crippen LogP) is 1.65. The maximum atomic E-state index is 11.9. The Balaban J connectivity index is 1.51. The monoisotopic (exact) mass is 376 g/mol. The van der Waals surface area contributed by atoms with E-state index in [4.69, 9.17) is 14.6 Å². The Hall–Kier alpha value is -2.28. The second-order valence-electron chi connectivity index (χ2n) is 7.21. The highest BCUT2D eigenvalue weighted by molar-refractivity contribution is 5.86. The van der Waals surface area contributed by atoms with Crippen LogP contribution in [0.25, 0.3) is 0 Å². The molecule has 0 radical (unpaired) electrons. The first-order valence-electron chi connectivity index (χ1n) is 9.59. The van der Waals surface area contributed by atoms with Gasteiger partial charge in [0.05, 0.1) is 13.0 Å². The highest BCUT2D eigenvalue weighted by Crippen LogP contribution is 2.29. The first-order valence-corrected chi connectivity index (χ1v) is 9.59. The number of hydrogen-bond acceptors (Lipinski definition) is 5. The van der Waals surface area contributed by atoms with Crippen LogP contribution in [0, 0.1) is 5.92 Å². The number of nitrogens with zero attached hydrogens (tertiary/aromatic N) is 2. The van der Waals surface area contributed by atoms with Crippen LogP contribution in [0.4, 0.5) is 0 Å². The Bertz CT molecular complexity index is 672. The Morgan fingerprint density at radius 3 is 2.67 bits per heavy atom. The van der Waals surface area contributed by atoms with E-state index in [1.807, 2.05) is 18.2 Å². The van der Waals surface area contributed by atoms with Gasteiger partial charge in [0.15, 0.2) is 11.5 Å². The number of carboxylic acid groups (broad SMARTS) is 1. The molecule has 0 bridgehead atoms. The molecule has 0 aromatic heterocycles. The molecule has 2 saturated heterocycles. The molecule has 3 rings (SSSR count). The number of carboxylic acids is 1. The minimum Gasteiger partial charge on any atom is -0.493 e. The van der Waals surface area contributed by atoms with Crippen molar-refractivity contribution < 1.29 is 24.2 Å². The van der Waals surface area contributed by atoms with E-state index in [2.05, 4.69) is 4.90 Å². The van der Waals surface area contributed by atoms with Crippen LogP contribution in [0.15, 0.2) is 18.2 Å². The fourth-order valence-corrected chi connectivity index (χ4v) is 3.70. The normalized spacial score (nSPS) is 20.3. The summed E-state index contributed by atoms with van der Waals surface area (Å²) < 4.78 is 11.3. The Morgan fingerprint density at radius 2 is 2.00 bits per heavy atom. The molecule has 0 aliphatic carbocycles. The quantitative estimate of drug-likeness (QED) is 0.706. The SMILES string of the molecule is COc1cc(CCN2CC(C(=O)O)CC2=O)ccc1OCCN1CCCC1. The molecule has 1 aromatic rings. The molecule has 2 fully saturated rings. The lowest BCUT2D eigenvalue weighted by molar-refractivity contribution is -0.141. The summed E-state index contributed by atoms with van der Waals surface area (Å²) in [5.74, 6) is -0.161. The second kappa shape index (κ2) is 9.08. The lowest BCUT2D eigenvalue weighted by Crippen LogP contribution is -2.28. The van der Waals surface area contributed by atoms with Gasteiger partial charge in [0.2, 0.25) is 5.91 Å². The summed E-state index contributed by atoms with van der Waals surface area (Å²) >= 11 is 0. The molecule has 7 nitrogen and oxygen atoms in total. The number of carbonyl (C=O) groups excluding carboxylic acids is 1. The predicted molar refractivity (Wildman–Crippen MR) is 100 cm³/mol. The highest BCUT2D eigenvalue weighted by Gasteiger charge is 2.33. The number of methoxy groups -OCH3 is 1. The van der Waals surface area contributed by atoms with Crippen molar-refractivity contribution in [2.45, 2.75) is 25.7 Å². The lowest BCUT2D eigenvalue weighted by atomic mass is 10.1. The number of carbonyl (C=O) groups is 2. The van der Waals surface area contributed by atoms with Crippen LogP contribution in [0.3, 0.4) is 0 Å². The molecule has 148 valence electrons. The van der Waals surface area contributed by atoms with E-state index in [9.17, 15) is 9.59 Å². The van der Waals surface area contributed by atoms with Gasteiger partial charge < -0.3 is 19.5 Å². The van der Waals surface area contributed by atoms with E-state index >= 15 is 0 Å². The Morgan fingerprint density at radius 1 is 1.22 bits per heavy atom. The van der Waals surface area contributed by atoms with E-state index in [0.29, 0.717) is 31.9 Å². The number of ether oxygens (including phenoxy) is 2. The van der Waals surface area contributed by atoms with Gasteiger partial charge in [0, 0.05) is 26.1 Å². The van der Waals surface area contributed by atoms with Gasteiger partial charge in [-0.2, -0.15) is 0 Å². The molecule has 0 saturated carbocycles. The van der Waals surface area contributed by atoms with Crippen LogP contribution >= 0.6 is 0 Å². The molecule has 1 N–H and O–H groups in total. The summed E-state index contributed by atoms with van der Waals surface area (Å²) in [6.45, 7) is 4.67. The fourth-order valence-electron chi connectivity index (χ4n) is 3.70. The van der Waals surface area contributed by atoms with Crippen molar-refractivity contribution in [3.63, 3.8) is 0 Å². The van der Waals surface area contributed by atoms with Gasteiger partial charge in [-0.1, -0.05) is 6.07 Å². The first kappa shape index (κ1) is 19.5. The molecule has 2 aliphatic rings. The molecule has 1 atom stereocenters. The van der Waals surface area contributed by atoms with Crippen LogP contribution in [0.1, 0.15) is 24.8 Å². The van der Waals surface area contributed by atoms with Crippen LogP contribution in [0.5, 0.6) is 11.5 Å². The number of likely N-dealkylation sites (tertiary alicyclic amines) is 2. The standard InChI is InChI=1S/C20H28N2O5/c1-26-18-12-15(6-9-22-14-16(20(24)25)13-19(22)23)4-5-17(18)27-11-10-21-7-2-3-8-21/h4-5,12,16H,2-3,6-11,13-14H2,1H3,(H,24,25). The van der Waals surface area contributed by atoms with E-state index in [-0.39, 0.29) is 12.3 Å². The van der Waals surface area contributed by atoms with Crippen LogP contribution < -0.4 is 9.47 Å². The summed E-state index contributed by atoms with van der Waals surface area (Å²) in [6.07, 6.45) is 3.29. The van der Waals surface area contributed by atoms with E-state index in [1.165, 1.54) is 12.8 Å². The van der Waals surface area contributed by atoms with Gasteiger partial charge in [-0.25, -0.2) is 0 Å². The van der Waals surface area contributed by atoms with Crippen LogP contribution in [-0.2, 0) is 16.0 Å². The van der Waals surface area contributed by atoms with Crippen molar-refractivity contribution in [3.8, 4) is 11.5 Å². The zero-order chi connectivity index (χ0) is 19.2. The van der Waals surface area contributed by atoms with E-state index < -0.39 is 11.9 Å². The van der Waals surface area contributed by atoms with Gasteiger partial charge in [0.1, 0.15) is 6.61 Å². The third kappa shape index (κ3) is 5.13. The molecule has 1 amide bonds. The maximum Gasteiger partial charge on any atom is 0.308 e. The van der Waals surface area contributed by atoms with Crippen molar-refractivity contribution in [1.29, 1.82) is 0 Å². The van der Waals surface area contributed by atoms with Crippen molar-refractivity contribution in [2.24, 2.45) is 5.92 Å². The summed E-state index contributed by atoms with van der Waals surface area (Å²) in [4.78, 5) is 27.0. The zero-order valence-electron chi connectivity index (χ0n) is 15.9. The third-order valence-electron chi connectivity index (χ3n) is 5.33. The summed E-state index contributed by atoms with van der Waals surface area (Å²) in [5.41, 5.74) is 1.03. The number of rotatable bonds is 9. The number of aliphatic carboxylic acids is 1. The van der Waals surface area contributed by atoms with Gasteiger partial charge >= 0.3 is 5.97 Å². The molecule has 1 aromatic carbocycles. The summed E-state index contributed by atoms with van der Waals surface area (Å²) in [7, 11) is 1.62. The topological polar surface area (TPSA) is 79.3 Å². The smallest absolute Gasteiger partial charge is 0.308 e. The third-order valence-corrected chi connectivity index (χ3v) is 5.33. The van der Waals surface area contributed by atoms with Gasteiger partial charge in [-0.15, -0.1) is 0 Å². The lowest BCUT2D eigenvalue weighted by Gasteiger charge is -2.18. The molecule has 7 heteroatoms. The molecule has 2 aliphatic heterocycles. The molecular formula is C20H28N2O5. The second-order valence-corrected chi connectivity index (χ2v) is 7.21. The van der Waals surface area contributed by atoms with Crippen molar-refractivity contribution in [1.82, 2.24) is 9.80 Å². The van der Waals surface area contributed by atoms with Crippen molar-refractivity contribution >= 4 is 11.9 Å². The summed E-state index contributed by atoms with van der Waals surface area (Å²) in [6, 6.07) is 5.81. The fraction of sp³-hybridized carbons (Fsp3) is 0.600. The van der Waals surface area contributed by atoms with E-state index in [0.717, 1.165) is 30.9 Å². The highest BCUT2D eigenvalue weighted by atomic mass is 16.5. The average Bonchev–Trinajstić information content (AvgIpc) is 3.30. The first-order chi connectivity index (χ1) is 13.1. The summed E-state index contributed by atoms with van der Waals surface area (Å²) in [5, 5.41) is 9.06. The minimum atomic E-state index is -0.900. The number of benzene rings is 1. The molecule has 27 heavy (non-hydrogen) atoms. The van der Waals surface area contributed by atoms with Crippen molar-refractivity contribution in [2.75, 3.05) is 46.4 Å². The largest absolute Gasteiger partial charge is 0.493 e. The molecular weight excluding hydrogens is 348 g/mol. The maximum absolute atomic E-state index is 11.9. The number of hydrogen-bond donors (Lipinski definition) is 1. The van der Waals surface area contributed by atoms with Crippen LogP contribution in [-0.4, -0.2) is 73.2 Å². The van der Waals surface area contributed by atoms with Gasteiger partial charge in [-0.05, 0) is 50.0 Å². The van der Waals surface area contributed by atoms with Gasteiger partial charge in [-0.3, -0.25) is 14.5 Å². The zero-order valence-corrected chi connectivity index (χ0v) is 15.9. The van der Waals surface area contributed by atoms with Crippen molar-refractivity contribution in [3.05, 3.63) is 23.8 Å². The minimum absolute atomic E-state index is 0.0868. The van der Waals surface area contributed by atoms with E-state index in [1.54, 1.807) is 12.0 Å². The average molecular weight is 376 g/mol. The molecule has 0 spiro atoms. The molecule has 1 unspecified atom stereocenters. The molecule has 2 heterocycles. The Labute approximate surface area is 159 Å².